The van der Waals surface area contributed by atoms with E-state index in [1.54, 1.807) is 0 Å². The molecular weight excluding hydrogens is 607 g/mol. The molecule has 0 amide bonds. The fraction of sp³-hybridized carbons (Fsp3) is 0.116. The molecule has 0 spiro atoms. The number of nitrogens with zero attached hydrogens (tertiary/aromatic N) is 3. The van der Waals surface area contributed by atoms with E-state index in [1.165, 1.54) is 64.2 Å². The van der Waals surface area contributed by atoms with E-state index < -0.39 is 0 Å². The molecule has 48 heavy (non-hydrogen) atoms. The first-order valence-corrected chi connectivity index (χ1v) is 17.6. The summed E-state index contributed by atoms with van der Waals surface area (Å²) in [6.45, 7) is 2.31. The van der Waals surface area contributed by atoms with Crippen molar-refractivity contribution in [1.29, 1.82) is 0 Å². The smallest absolute Gasteiger partial charge is 0.233 e. The van der Waals surface area contributed by atoms with E-state index >= 15 is 0 Å². The van der Waals surface area contributed by atoms with Gasteiger partial charge in [0.15, 0.2) is 11.6 Å². The molecule has 0 saturated heterocycles. The molecule has 1 unspecified atom stereocenters. The molecule has 0 bridgehead atoms. The molecule has 4 nitrogen and oxygen atoms in total. The predicted molar refractivity (Wildman–Crippen MR) is 201 cm³/mol. The maximum Gasteiger partial charge on any atom is 0.233 e. The SMILES string of the molecule is CC1C=Cc2c(n(-c3nc(-c4ccc5ccccc5c4)nc4oc5ccccc5c34)c3c4c(c5c6ccccc6sc5c23)CCC=C4)C1. The number of hydrogen-bond acceptors (Lipinski definition) is 4. The van der Waals surface area contributed by atoms with Crippen molar-refractivity contribution in [2.75, 3.05) is 0 Å². The van der Waals surface area contributed by atoms with Crippen LogP contribution < -0.4 is 0 Å². The van der Waals surface area contributed by atoms with Crippen LogP contribution in [0.25, 0.3) is 93.3 Å². The van der Waals surface area contributed by atoms with Crippen molar-refractivity contribution < 1.29 is 4.42 Å². The van der Waals surface area contributed by atoms with Gasteiger partial charge in [0.05, 0.1) is 10.9 Å². The summed E-state index contributed by atoms with van der Waals surface area (Å²) in [5, 5.41) is 8.48. The van der Waals surface area contributed by atoms with Crippen LogP contribution in [0.3, 0.4) is 0 Å². The van der Waals surface area contributed by atoms with Crippen molar-refractivity contribution in [3.63, 3.8) is 0 Å². The number of aromatic nitrogens is 3. The molecule has 4 heterocycles. The minimum absolute atomic E-state index is 0.406. The van der Waals surface area contributed by atoms with Gasteiger partial charge in [0.25, 0.3) is 0 Å². The summed E-state index contributed by atoms with van der Waals surface area (Å²) in [5.74, 6) is 1.97. The Morgan fingerprint density at radius 2 is 1.62 bits per heavy atom. The fourth-order valence-corrected chi connectivity index (χ4v) is 9.55. The average Bonchev–Trinajstić information content (AvgIpc) is 3.81. The van der Waals surface area contributed by atoms with Crippen molar-refractivity contribution in [2.24, 2.45) is 5.92 Å². The van der Waals surface area contributed by atoms with Crippen LogP contribution in [0.15, 0.2) is 108 Å². The molecule has 0 N–H and O–H groups in total. The summed E-state index contributed by atoms with van der Waals surface area (Å²) < 4.78 is 11.8. The molecule has 2 aliphatic carbocycles. The first-order valence-electron chi connectivity index (χ1n) is 16.8. The van der Waals surface area contributed by atoms with Crippen LogP contribution in [-0.4, -0.2) is 14.5 Å². The van der Waals surface area contributed by atoms with Gasteiger partial charge in [0, 0.05) is 53.3 Å². The summed E-state index contributed by atoms with van der Waals surface area (Å²) in [5.41, 5.74) is 9.05. The predicted octanol–water partition coefficient (Wildman–Crippen LogP) is 11.7. The number of furan rings is 1. The third-order valence-electron chi connectivity index (χ3n) is 10.4. The molecular formula is C43H29N3OS. The van der Waals surface area contributed by atoms with Gasteiger partial charge in [0.2, 0.25) is 5.71 Å². The van der Waals surface area contributed by atoms with Gasteiger partial charge in [-0.1, -0.05) is 104 Å². The molecule has 0 saturated carbocycles. The first-order chi connectivity index (χ1) is 23.7. The summed E-state index contributed by atoms with van der Waals surface area (Å²) in [6.07, 6.45) is 12.5. The molecule has 11 rings (SSSR count). The Bertz CT molecular complexity index is 2900. The van der Waals surface area contributed by atoms with Crippen LogP contribution in [0.4, 0.5) is 0 Å². The third-order valence-corrected chi connectivity index (χ3v) is 11.6. The molecule has 9 aromatic rings. The monoisotopic (exact) mass is 635 g/mol. The largest absolute Gasteiger partial charge is 0.437 e. The lowest BCUT2D eigenvalue weighted by atomic mass is 9.89. The van der Waals surface area contributed by atoms with Crippen molar-refractivity contribution in [1.82, 2.24) is 14.5 Å². The van der Waals surface area contributed by atoms with Crippen molar-refractivity contribution in [3.05, 3.63) is 126 Å². The van der Waals surface area contributed by atoms with Gasteiger partial charge in [-0.15, -0.1) is 11.3 Å². The highest BCUT2D eigenvalue weighted by Crippen LogP contribution is 2.50. The second kappa shape index (κ2) is 9.75. The van der Waals surface area contributed by atoms with E-state index in [9.17, 15) is 0 Å². The Morgan fingerprint density at radius 3 is 2.56 bits per heavy atom. The van der Waals surface area contributed by atoms with Gasteiger partial charge in [-0.2, -0.15) is 4.98 Å². The highest BCUT2D eigenvalue weighted by molar-refractivity contribution is 7.26. The number of para-hydroxylation sites is 1. The lowest BCUT2D eigenvalue weighted by Gasteiger charge is -2.19. The zero-order valence-corrected chi connectivity index (χ0v) is 27.1. The molecule has 0 aliphatic heterocycles. The maximum absolute atomic E-state index is 6.55. The molecule has 0 fully saturated rings. The van der Waals surface area contributed by atoms with Gasteiger partial charge in [0.1, 0.15) is 5.58 Å². The zero-order valence-electron chi connectivity index (χ0n) is 26.3. The van der Waals surface area contributed by atoms with Gasteiger partial charge in [-0.05, 0) is 59.7 Å². The standard InChI is InChI=1S/C43H29N3OS/c1-24-18-21-30-33(22-24)46(39-29-13-5-4-12-28(29)36-32-15-7-9-17-35(32)48-40(36)37(30)39)42-38-31-14-6-8-16-34(31)47-43(38)45-41(44-42)27-20-19-25-10-2-3-11-26(25)23-27/h2-3,5-11,13-21,23-24H,4,12,22H2,1H3. The Balaban J connectivity index is 1.34. The van der Waals surface area contributed by atoms with E-state index in [2.05, 4.69) is 115 Å². The highest BCUT2D eigenvalue weighted by Gasteiger charge is 2.31. The Morgan fingerprint density at radius 1 is 0.792 bits per heavy atom. The summed E-state index contributed by atoms with van der Waals surface area (Å²) in [7, 11) is 0. The number of hydrogen-bond donors (Lipinski definition) is 0. The quantitative estimate of drug-likeness (QED) is 0.190. The zero-order chi connectivity index (χ0) is 31.5. The van der Waals surface area contributed by atoms with Crippen LogP contribution in [0.2, 0.25) is 0 Å². The normalized spacial score (nSPS) is 15.8. The van der Waals surface area contributed by atoms with Crippen LogP contribution in [-0.2, 0) is 12.8 Å². The number of thiophene rings is 1. The molecule has 228 valence electrons. The third kappa shape index (κ3) is 3.59. The topological polar surface area (TPSA) is 43.9 Å². The molecule has 5 heteroatoms. The number of rotatable bonds is 2. The Kier molecular flexibility index (Phi) is 5.39. The van der Waals surface area contributed by atoms with Crippen LogP contribution >= 0.6 is 11.3 Å². The summed E-state index contributed by atoms with van der Waals surface area (Å²) >= 11 is 1.93. The molecule has 1 atom stereocenters. The number of aryl methyl sites for hydroxylation is 1. The van der Waals surface area contributed by atoms with E-state index in [4.69, 9.17) is 14.4 Å². The molecule has 2 aliphatic rings. The van der Waals surface area contributed by atoms with E-state index in [-0.39, 0.29) is 0 Å². The number of fused-ring (bicyclic) bond motifs is 14. The van der Waals surface area contributed by atoms with Gasteiger partial charge >= 0.3 is 0 Å². The lowest BCUT2D eigenvalue weighted by Crippen LogP contribution is -2.11. The minimum Gasteiger partial charge on any atom is -0.437 e. The maximum atomic E-state index is 6.55. The van der Waals surface area contributed by atoms with E-state index in [0.29, 0.717) is 17.5 Å². The molecule has 0 radical (unpaired) electrons. The summed E-state index contributed by atoms with van der Waals surface area (Å²) in [4.78, 5) is 10.7. The van der Waals surface area contributed by atoms with Crippen LogP contribution in [0.1, 0.15) is 35.7 Å². The van der Waals surface area contributed by atoms with Gasteiger partial charge in [-0.3, -0.25) is 4.57 Å². The second-order valence-electron chi connectivity index (χ2n) is 13.3. The first kappa shape index (κ1) is 26.5. The second-order valence-corrected chi connectivity index (χ2v) is 14.4. The fourth-order valence-electron chi connectivity index (χ4n) is 8.26. The van der Waals surface area contributed by atoms with E-state index in [1.807, 2.05) is 23.5 Å². The number of allylic oxidation sites excluding steroid dienone is 2. The highest BCUT2D eigenvalue weighted by atomic mass is 32.1. The Hall–Kier alpha value is -5.52. The minimum atomic E-state index is 0.406. The van der Waals surface area contributed by atoms with Crippen LogP contribution in [0.5, 0.6) is 0 Å². The van der Waals surface area contributed by atoms with Crippen molar-refractivity contribution >= 4 is 87.4 Å². The van der Waals surface area contributed by atoms with E-state index in [0.717, 1.165) is 47.0 Å². The van der Waals surface area contributed by atoms with Crippen LogP contribution in [0, 0.1) is 5.92 Å². The average molecular weight is 636 g/mol. The van der Waals surface area contributed by atoms with Gasteiger partial charge < -0.3 is 4.42 Å². The summed E-state index contributed by atoms with van der Waals surface area (Å²) in [6, 6.07) is 32.2. The van der Waals surface area contributed by atoms with Crippen molar-refractivity contribution in [3.8, 4) is 17.2 Å². The van der Waals surface area contributed by atoms with Gasteiger partial charge in [-0.25, -0.2) is 4.98 Å². The Labute approximate surface area is 280 Å². The molecule has 4 aromatic heterocycles. The number of benzene rings is 5. The lowest BCUT2D eigenvalue weighted by molar-refractivity contribution is 0.652. The molecule has 5 aromatic carbocycles. The van der Waals surface area contributed by atoms with Crippen molar-refractivity contribution in [2.45, 2.75) is 26.2 Å².